The third-order valence-electron chi connectivity index (χ3n) is 23.2. The highest BCUT2D eigenvalue weighted by Gasteiger charge is 2.32. The molecule has 25 heteroatoms. The molecule has 24 nitrogen and oxygen atoms in total. The Balaban J connectivity index is 0.000000139. The first-order valence-electron chi connectivity index (χ1n) is 41.9. The number of aromatic nitrogens is 15. The summed E-state index contributed by atoms with van der Waals surface area (Å²) in [6.07, 6.45) is 0. The average Bonchev–Trinajstić information content (AvgIpc) is 1.10. The van der Waals surface area contributed by atoms with Crippen LogP contribution in [-0.4, -0.2) is 153 Å². The van der Waals surface area contributed by atoms with Crippen LogP contribution in [0.1, 0.15) is 93.8 Å². The summed E-state index contributed by atoms with van der Waals surface area (Å²) >= 11 is 6.37. The van der Waals surface area contributed by atoms with Crippen LogP contribution in [0.25, 0.3) is 89.1 Å². The lowest BCUT2D eigenvalue weighted by molar-refractivity contribution is 0.367. The quantitative estimate of drug-likeness (QED) is 0.0313. The molecule has 612 valence electrons. The molecule has 9 aromatic carbocycles. The van der Waals surface area contributed by atoms with Crippen molar-refractivity contribution in [2.75, 3.05) is 89.1 Å². The Morgan fingerprint density at radius 3 is 1.22 bits per heavy atom. The van der Waals surface area contributed by atoms with Gasteiger partial charge in [0.1, 0.15) is 0 Å². The highest BCUT2D eigenvalue weighted by atomic mass is 35.5. The van der Waals surface area contributed by atoms with Gasteiger partial charge < -0.3 is 46.2 Å². The molecular formula is C95H105ClN24. The number of halogens is 1. The van der Waals surface area contributed by atoms with Gasteiger partial charge in [-0.3, -0.25) is 15.3 Å². The van der Waals surface area contributed by atoms with Crippen LogP contribution in [0.15, 0.2) is 218 Å². The fraction of sp³-hybridized carbons (Fsp3) is 0.305. The Hall–Kier alpha value is -12.6. The fourth-order valence-corrected chi connectivity index (χ4v) is 16.2. The van der Waals surface area contributed by atoms with Gasteiger partial charge in [-0.15, -0.1) is 30.6 Å². The van der Waals surface area contributed by atoms with E-state index in [1.54, 1.807) is 0 Å². The molecule has 3 aliphatic heterocycles. The van der Waals surface area contributed by atoms with E-state index in [4.69, 9.17) is 36.8 Å². The Morgan fingerprint density at radius 2 is 0.775 bits per heavy atom. The second kappa shape index (κ2) is 37.1. The maximum absolute atomic E-state index is 6.37. The van der Waals surface area contributed by atoms with Crippen LogP contribution in [0.4, 0.5) is 34.9 Å². The number of H-pyrrole nitrogens is 3. The predicted octanol–water partition coefficient (Wildman–Crippen LogP) is 17.5. The van der Waals surface area contributed by atoms with Crippen molar-refractivity contribution in [1.29, 1.82) is 0 Å². The van der Waals surface area contributed by atoms with Crippen molar-refractivity contribution >= 4 is 79.2 Å². The van der Waals surface area contributed by atoms with Gasteiger partial charge >= 0.3 is 0 Å². The molecule has 3 aliphatic rings. The third kappa shape index (κ3) is 18.6. The normalized spacial score (nSPS) is 15.9. The summed E-state index contributed by atoms with van der Waals surface area (Å²) in [4.78, 5) is 24.9. The van der Waals surface area contributed by atoms with Crippen molar-refractivity contribution in [3.05, 3.63) is 263 Å². The van der Waals surface area contributed by atoms with Crippen LogP contribution in [0.2, 0.25) is 5.02 Å². The summed E-state index contributed by atoms with van der Waals surface area (Å²) in [6.45, 7) is 31.3. The van der Waals surface area contributed by atoms with Gasteiger partial charge in [-0.2, -0.15) is 15.3 Å². The monoisotopic (exact) mass is 1620 g/mol. The minimum atomic E-state index is 0.0793. The highest BCUT2D eigenvalue weighted by Crippen LogP contribution is 2.38. The van der Waals surface area contributed by atoms with Gasteiger partial charge in [0.2, 0.25) is 0 Å². The van der Waals surface area contributed by atoms with Gasteiger partial charge in [0.05, 0.1) is 22.6 Å². The van der Waals surface area contributed by atoms with Gasteiger partial charge in [0.15, 0.2) is 52.4 Å². The van der Waals surface area contributed by atoms with Gasteiger partial charge in [-0.25, -0.2) is 15.0 Å². The zero-order valence-corrected chi connectivity index (χ0v) is 70.6. The lowest BCUT2D eigenvalue weighted by Gasteiger charge is -2.38. The SMILES string of the molecule is Cc1[nH]nc2ccc(-c3nnc(N(Cc4ccccc4-c4ccccc4)Cc4ccccc4-c4ccccc4)c(N4CCN[C@@H](C(C)C)C4)n3)cc12.Cc1[nH]nc2ccc(-c3nnc(NC(C)c4ccccc4)c(N4CCN[C@@H](C(C)C)C4)n3)cc12.Cc1[nH]nc2ccc(-c3nnc(NCc4ccccc4Cl)c(N4CCN[C@@H](C(C)C)C4)n3)cc12. The Labute approximate surface area is 706 Å². The van der Waals surface area contributed by atoms with E-state index >= 15 is 0 Å². The zero-order valence-electron chi connectivity index (χ0n) is 69.8. The number of aromatic amines is 3. The molecule has 0 spiro atoms. The van der Waals surface area contributed by atoms with Crippen molar-refractivity contribution < 1.29 is 0 Å². The van der Waals surface area contributed by atoms with Gasteiger partial charge in [-0.05, 0) is 151 Å². The summed E-state index contributed by atoms with van der Waals surface area (Å²) in [7, 11) is 0. The van der Waals surface area contributed by atoms with Crippen LogP contribution in [0.5, 0.6) is 0 Å². The molecule has 6 aromatic heterocycles. The second-order valence-electron chi connectivity index (χ2n) is 32.5. The summed E-state index contributed by atoms with van der Waals surface area (Å²) in [5.41, 5.74) is 18.0. The number of anilines is 6. The molecule has 9 heterocycles. The molecule has 120 heavy (non-hydrogen) atoms. The first kappa shape index (κ1) is 81.1. The molecule has 15 aromatic rings. The zero-order chi connectivity index (χ0) is 82.8. The van der Waals surface area contributed by atoms with Crippen molar-refractivity contribution in [2.45, 2.75) is 113 Å². The minimum absolute atomic E-state index is 0.0793. The smallest absolute Gasteiger partial charge is 0.195 e. The minimum Gasteiger partial charge on any atom is -0.361 e. The Morgan fingerprint density at radius 1 is 0.400 bits per heavy atom. The van der Waals surface area contributed by atoms with E-state index in [1.807, 2.05) is 87.5 Å². The standard InChI is InChI=1S/C44H44N8.C26H32N8.C25H29ClN8/c1-30(2)41-29-51(25-24-45-41)43-44(50-49-42(46-43)34-22-23-40-39(26-34)31(3)47-48-40)52(27-35-18-10-12-20-37(35)32-14-6-4-7-15-32)28-36-19-11-13-21-38(36)33-16-8-5-9-17-33;1-16(2)23-15-34(13-12-27-23)26-25(28-17(3)19-8-6-5-7-9-19)33-32-24(29-26)20-10-11-22-21(14-20)18(4)30-31-22;1-15(2)22-14-34(11-10-27-22)25-24(28-13-18-6-4-5-7-20(18)26)33-32-23(29-25)17-8-9-21-19(12-17)16(3)30-31-21/h4-23,26,30,41,45H,24-25,27-29H2,1-3H3,(H,47,48);5-11,14,16-17,23,27H,12-13,15H2,1-4H3,(H,28,33)(H,30,31);4-9,12,15,22,27H,10-11,13-14H2,1-3H3,(H,28,33)(H,30,31)/t41-;17?,23-;22-/m111/s1. The summed E-state index contributed by atoms with van der Waals surface area (Å²) in [5, 5.41) is 72.4. The largest absolute Gasteiger partial charge is 0.361 e. The number of aryl methyl sites for hydroxylation is 3. The Bertz CT molecular complexity index is 5890. The molecule has 4 atom stereocenters. The average molecular weight is 1620 g/mol. The summed E-state index contributed by atoms with van der Waals surface area (Å²) < 4.78 is 0. The molecular weight excluding hydrogens is 1510 g/mol. The number of benzene rings is 9. The van der Waals surface area contributed by atoms with Gasteiger partial charge in [0, 0.05) is 152 Å². The molecule has 8 N–H and O–H groups in total. The van der Waals surface area contributed by atoms with E-state index in [0.29, 0.717) is 84.6 Å². The summed E-state index contributed by atoms with van der Waals surface area (Å²) in [5.74, 6) is 8.02. The lowest BCUT2D eigenvalue weighted by atomic mass is 9.97. The number of nitrogens with one attached hydrogen (secondary N) is 8. The van der Waals surface area contributed by atoms with E-state index in [0.717, 1.165) is 159 Å². The molecule has 18 rings (SSSR count). The molecule has 0 amide bonds. The van der Waals surface area contributed by atoms with Crippen LogP contribution in [0.3, 0.4) is 0 Å². The second-order valence-corrected chi connectivity index (χ2v) is 32.9. The van der Waals surface area contributed by atoms with Crippen LogP contribution < -0.4 is 46.2 Å². The molecule has 3 saturated heterocycles. The summed E-state index contributed by atoms with van der Waals surface area (Å²) in [6, 6.07) is 76.4. The number of hydrogen-bond acceptors (Lipinski definition) is 21. The van der Waals surface area contributed by atoms with E-state index in [-0.39, 0.29) is 6.04 Å². The van der Waals surface area contributed by atoms with Crippen molar-refractivity contribution in [3.63, 3.8) is 0 Å². The molecule has 1 unspecified atom stereocenters. The number of nitrogens with zero attached hydrogens (tertiary/aromatic N) is 16. The van der Waals surface area contributed by atoms with Gasteiger partial charge in [0.25, 0.3) is 0 Å². The molecule has 0 bridgehead atoms. The van der Waals surface area contributed by atoms with E-state index in [2.05, 4.69) is 297 Å². The van der Waals surface area contributed by atoms with Crippen LogP contribution >= 0.6 is 11.6 Å². The predicted molar refractivity (Wildman–Crippen MR) is 486 cm³/mol. The first-order chi connectivity index (χ1) is 58.5. The van der Waals surface area contributed by atoms with Crippen molar-refractivity contribution in [3.8, 4) is 56.4 Å². The lowest BCUT2D eigenvalue weighted by Crippen LogP contribution is -2.53. The Kier molecular flexibility index (Phi) is 25.1. The van der Waals surface area contributed by atoms with E-state index in [9.17, 15) is 0 Å². The van der Waals surface area contributed by atoms with Crippen LogP contribution in [0, 0.1) is 38.5 Å². The molecule has 3 fully saturated rings. The fourth-order valence-electron chi connectivity index (χ4n) is 16.0. The number of fused-ring (bicyclic) bond motifs is 3. The maximum atomic E-state index is 6.37. The van der Waals surface area contributed by atoms with E-state index < -0.39 is 0 Å². The number of rotatable bonds is 22. The highest BCUT2D eigenvalue weighted by molar-refractivity contribution is 6.31. The molecule has 0 aliphatic carbocycles. The number of piperazine rings is 3. The topological polar surface area (TPSA) is 275 Å². The molecule has 0 radical (unpaired) electrons. The van der Waals surface area contributed by atoms with E-state index in [1.165, 1.54) is 38.9 Å². The number of hydrogen-bond donors (Lipinski definition) is 8. The molecule has 0 saturated carbocycles. The van der Waals surface area contributed by atoms with Crippen LogP contribution in [-0.2, 0) is 19.6 Å². The van der Waals surface area contributed by atoms with Gasteiger partial charge in [-0.1, -0.05) is 211 Å². The van der Waals surface area contributed by atoms with Crippen molar-refractivity contribution in [2.24, 2.45) is 17.8 Å². The third-order valence-corrected chi connectivity index (χ3v) is 23.6. The maximum Gasteiger partial charge on any atom is 0.195 e. The van der Waals surface area contributed by atoms with Crippen molar-refractivity contribution in [1.82, 2.24) is 92.1 Å². The first-order valence-corrected chi connectivity index (χ1v) is 42.2.